The highest BCUT2D eigenvalue weighted by molar-refractivity contribution is 6.82. The van der Waals surface area contributed by atoms with Gasteiger partial charge < -0.3 is 4.90 Å². The summed E-state index contributed by atoms with van der Waals surface area (Å²) >= 11 is 0. The Balaban J connectivity index is 0.00000150. The van der Waals surface area contributed by atoms with Crippen molar-refractivity contribution < 1.29 is 0 Å². The van der Waals surface area contributed by atoms with E-state index in [1.54, 1.807) is 18.1 Å². The first kappa shape index (κ1) is 43.1. The van der Waals surface area contributed by atoms with Crippen molar-refractivity contribution in [3.63, 3.8) is 0 Å². The molecule has 3 atom stereocenters. The Bertz CT molecular complexity index is 759. The van der Waals surface area contributed by atoms with Crippen LogP contribution in [0.2, 0.25) is 93.7 Å². The SMILES string of the molecule is C=CC[Si](C)(C)CCC[Si](CCC[Si](C)(C)CC=C)(CCC[Si](C)(C)CC=C)CN(C)[C@@H](C)C1CCCC1C.CC1CCCC1. The van der Waals surface area contributed by atoms with Crippen LogP contribution in [0.25, 0.3) is 0 Å². The lowest BCUT2D eigenvalue weighted by atomic mass is 9.91. The number of hydrogen-bond donors (Lipinski definition) is 0. The fourth-order valence-corrected chi connectivity index (χ4v) is 21.7. The highest BCUT2D eigenvalue weighted by Crippen LogP contribution is 2.38. The summed E-state index contributed by atoms with van der Waals surface area (Å²) in [5.41, 5.74) is 0. The summed E-state index contributed by atoms with van der Waals surface area (Å²) < 4.78 is 0. The summed E-state index contributed by atoms with van der Waals surface area (Å²) in [6.45, 7) is 35.3. The summed E-state index contributed by atoms with van der Waals surface area (Å²) in [4.78, 5) is 2.89. The van der Waals surface area contributed by atoms with Crippen LogP contribution in [0.15, 0.2) is 38.0 Å². The third kappa shape index (κ3) is 17.9. The van der Waals surface area contributed by atoms with Gasteiger partial charge in [0, 0.05) is 6.04 Å². The van der Waals surface area contributed by atoms with Crippen molar-refractivity contribution in [2.45, 2.75) is 185 Å². The number of nitrogens with zero attached hydrogens (tertiary/aromatic N) is 1. The third-order valence-electron chi connectivity index (χ3n) is 12.2. The molecule has 2 fully saturated rings. The predicted octanol–water partition coefficient (Wildman–Crippen LogP) is 13.8. The standard InChI is InChI=1S/C34H71NSi4.C6H12/c1-13-22-36(7,8)25-17-28-39(29-18-26-37(9,10)23-14-2,30-19-27-38(11,12)24-15-3)31-35(6)33(5)34-21-16-20-32(34)4;1-6-4-2-3-5-6/h13-15,32-34H,1-3,16-31H2,4-12H3;6H,2-5H2,1H3/t32?,33-,34?;/m0./s1. The molecule has 0 aromatic heterocycles. The molecule has 0 bridgehead atoms. The van der Waals surface area contributed by atoms with E-state index in [9.17, 15) is 0 Å². The number of hydrogen-bond acceptors (Lipinski definition) is 1. The molecule has 264 valence electrons. The molecule has 2 rings (SSSR count). The van der Waals surface area contributed by atoms with Gasteiger partial charge in [0.25, 0.3) is 0 Å². The maximum Gasteiger partial charge on any atom is 0.0690 e. The van der Waals surface area contributed by atoms with Crippen LogP contribution in [-0.4, -0.2) is 56.5 Å². The van der Waals surface area contributed by atoms with Crippen molar-refractivity contribution in [3.05, 3.63) is 38.0 Å². The molecule has 2 aliphatic rings. The van der Waals surface area contributed by atoms with Crippen LogP contribution < -0.4 is 0 Å². The van der Waals surface area contributed by atoms with E-state index >= 15 is 0 Å². The van der Waals surface area contributed by atoms with E-state index in [-0.39, 0.29) is 0 Å². The second kappa shape index (κ2) is 21.2. The normalized spacial score (nSPS) is 20.6. The molecule has 0 saturated heterocycles. The fraction of sp³-hybridized carbons (Fsp3) is 0.850. The Morgan fingerprint density at radius 1 is 0.622 bits per heavy atom. The molecule has 0 heterocycles. The van der Waals surface area contributed by atoms with Gasteiger partial charge in [-0.05, 0) is 62.4 Å². The molecular formula is C40H83NSi4. The van der Waals surface area contributed by atoms with Crippen LogP contribution in [-0.2, 0) is 0 Å². The lowest BCUT2D eigenvalue weighted by Crippen LogP contribution is -2.51. The van der Waals surface area contributed by atoms with Gasteiger partial charge in [-0.1, -0.05) is 165 Å². The summed E-state index contributed by atoms with van der Waals surface area (Å²) in [5.74, 6) is 2.85. The van der Waals surface area contributed by atoms with Gasteiger partial charge in [-0.3, -0.25) is 0 Å². The predicted molar refractivity (Wildman–Crippen MR) is 222 cm³/mol. The van der Waals surface area contributed by atoms with Gasteiger partial charge in [-0.2, -0.15) is 0 Å². The van der Waals surface area contributed by atoms with Crippen LogP contribution in [0.5, 0.6) is 0 Å². The molecular weight excluding hydrogens is 607 g/mol. The summed E-state index contributed by atoms with van der Waals surface area (Å²) in [5, 5.41) is 0. The van der Waals surface area contributed by atoms with Gasteiger partial charge in [0.1, 0.15) is 0 Å². The Morgan fingerprint density at radius 2 is 1.02 bits per heavy atom. The van der Waals surface area contributed by atoms with Crippen molar-refractivity contribution in [2.24, 2.45) is 17.8 Å². The monoisotopic (exact) mass is 690 g/mol. The van der Waals surface area contributed by atoms with Gasteiger partial charge in [0.2, 0.25) is 0 Å². The minimum atomic E-state index is -1.45. The maximum atomic E-state index is 4.09. The Hall–Kier alpha value is 0.0475. The quantitative estimate of drug-likeness (QED) is 0.0808. The molecule has 0 aliphatic heterocycles. The van der Waals surface area contributed by atoms with E-state index in [0.29, 0.717) is 0 Å². The van der Waals surface area contributed by atoms with Crippen LogP contribution in [0.4, 0.5) is 0 Å². The van der Waals surface area contributed by atoms with Crippen LogP contribution >= 0.6 is 0 Å². The minimum absolute atomic E-state index is 0.735. The summed E-state index contributed by atoms with van der Waals surface area (Å²) in [6, 6.07) is 13.7. The van der Waals surface area contributed by atoms with Gasteiger partial charge in [-0.15, -0.1) is 19.7 Å². The molecule has 0 radical (unpaired) electrons. The molecule has 2 aliphatic carbocycles. The molecule has 0 N–H and O–H groups in total. The molecule has 2 unspecified atom stereocenters. The second-order valence-corrected chi connectivity index (χ2v) is 39.2. The second-order valence-electron chi connectivity index (χ2n) is 18.6. The topological polar surface area (TPSA) is 3.24 Å². The average Bonchev–Trinajstić information content (AvgIpc) is 3.58. The highest BCUT2D eigenvalue weighted by Gasteiger charge is 2.38. The van der Waals surface area contributed by atoms with Crippen molar-refractivity contribution >= 4 is 32.3 Å². The molecule has 0 amide bonds. The largest absolute Gasteiger partial charge is 0.306 e. The Morgan fingerprint density at radius 3 is 1.31 bits per heavy atom. The van der Waals surface area contributed by atoms with E-state index < -0.39 is 32.3 Å². The smallest absolute Gasteiger partial charge is 0.0690 e. The zero-order valence-corrected chi connectivity index (χ0v) is 36.8. The van der Waals surface area contributed by atoms with Gasteiger partial charge in [-0.25, -0.2) is 0 Å². The zero-order chi connectivity index (χ0) is 34.2. The molecule has 45 heavy (non-hydrogen) atoms. The third-order valence-corrected chi connectivity index (χ3v) is 27.0. The van der Waals surface area contributed by atoms with Crippen LogP contribution in [0.1, 0.15) is 85.0 Å². The Kier molecular flexibility index (Phi) is 20.3. The van der Waals surface area contributed by atoms with E-state index in [0.717, 1.165) is 23.8 Å². The van der Waals surface area contributed by atoms with Crippen molar-refractivity contribution in [1.29, 1.82) is 0 Å². The van der Waals surface area contributed by atoms with Crippen molar-refractivity contribution in [3.8, 4) is 0 Å². The first-order valence-electron chi connectivity index (χ1n) is 19.5. The lowest BCUT2D eigenvalue weighted by Gasteiger charge is -2.42. The fourth-order valence-electron chi connectivity index (χ4n) is 8.94. The molecule has 2 saturated carbocycles. The Labute approximate surface area is 289 Å². The first-order valence-corrected chi connectivity index (χ1v) is 32.6. The van der Waals surface area contributed by atoms with Gasteiger partial charge >= 0.3 is 0 Å². The molecule has 0 aromatic carbocycles. The van der Waals surface area contributed by atoms with E-state index in [1.807, 2.05) is 0 Å². The van der Waals surface area contributed by atoms with Crippen LogP contribution in [0.3, 0.4) is 0 Å². The summed E-state index contributed by atoms with van der Waals surface area (Å²) in [6.07, 6.45) is 22.8. The molecule has 0 aromatic rings. The summed E-state index contributed by atoms with van der Waals surface area (Å²) in [7, 11) is -2.40. The highest BCUT2D eigenvalue weighted by atomic mass is 28.3. The van der Waals surface area contributed by atoms with Crippen molar-refractivity contribution in [2.75, 3.05) is 13.2 Å². The first-order chi connectivity index (χ1) is 21.0. The van der Waals surface area contributed by atoms with E-state index in [1.165, 1.54) is 107 Å². The molecule has 0 spiro atoms. The van der Waals surface area contributed by atoms with E-state index in [4.69, 9.17) is 0 Å². The van der Waals surface area contributed by atoms with Gasteiger partial charge in [0.15, 0.2) is 0 Å². The average molecular weight is 690 g/mol. The van der Waals surface area contributed by atoms with Gasteiger partial charge in [0.05, 0.1) is 32.3 Å². The lowest BCUT2D eigenvalue weighted by molar-refractivity contribution is 0.185. The number of allylic oxidation sites excluding steroid dienone is 3. The zero-order valence-electron chi connectivity index (χ0n) is 32.8. The molecule has 5 heteroatoms. The van der Waals surface area contributed by atoms with E-state index in [2.05, 4.69) is 110 Å². The minimum Gasteiger partial charge on any atom is -0.306 e. The van der Waals surface area contributed by atoms with Crippen LogP contribution in [0, 0.1) is 17.8 Å². The molecule has 1 nitrogen and oxygen atoms in total. The number of rotatable bonds is 22. The van der Waals surface area contributed by atoms with Crippen molar-refractivity contribution in [1.82, 2.24) is 4.90 Å². The maximum absolute atomic E-state index is 4.09.